The Kier molecular flexibility index (Phi) is 7.39. The third-order valence-corrected chi connectivity index (χ3v) is 17.7. The van der Waals surface area contributed by atoms with Gasteiger partial charge in [-0.2, -0.15) is 0 Å². The minimum absolute atomic E-state index is 1.20. The lowest BCUT2D eigenvalue weighted by atomic mass is 10.4. The molecule has 0 spiro atoms. The number of benzene rings is 1. The molecule has 0 saturated carbocycles. The van der Waals surface area contributed by atoms with Crippen LogP contribution in [0.3, 0.4) is 0 Å². The van der Waals surface area contributed by atoms with Crippen LogP contribution in [0.5, 0.6) is 0 Å². The minimum Gasteiger partial charge on any atom is -0.105 e. The van der Waals surface area contributed by atoms with Crippen LogP contribution in [-0.2, 0) is 0 Å². The standard InChI is InChI=1S/C12H18Br4Si2/c1-3-9-17(13,14)11-5-7-12(8-6-11)18(15,16)10-4-2/h5-8H,3-4,9-10H2,1-2H3. The fraction of sp³-hybridized carbons (Fsp3) is 0.500. The highest BCUT2D eigenvalue weighted by Gasteiger charge is 2.31. The van der Waals surface area contributed by atoms with Gasteiger partial charge in [0.2, 0.25) is 10.6 Å². The molecule has 0 unspecified atom stereocenters. The number of rotatable bonds is 6. The Morgan fingerprint density at radius 2 is 1.00 bits per heavy atom. The molecule has 0 bridgehead atoms. The van der Waals surface area contributed by atoms with E-state index in [0.29, 0.717) is 0 Å². The molecule has 18 heavy (non-hydrogen) atoms. The van der Waals surface area contributed by atoms with Gasteiger partial charge in [-0.25, -0.2) is 0 Å². The molecule has 1 rings (SSSR count). The Morgan fingerprint density at radius 3 is 1.22 bits per heavy atom. The van der Waals surface area contributed by atoms with Crippen LogP contribution in [0.25, 0.3) is 0 Å². The predicted molar refractivity (Wildman–Crippen MR) is 103 cm³/mol. The van der Waals surface area contributed by atoms with E-state index >= 15 is 0 Å². The van der Waals surface area contributed by atoms with Gasteiger partial charge in [-0.15, -0.1) is 61.2 Å². The third kappa shape index (κ3) is 4.84. The van der Waals surface area contributed by atoms with Crippen molar-refractivity contribution in [1.29, 1.82) is 0 Å². The van der Waals surface area contributed by atoms with Crippen molar-refractivity contribution in [2.45, 2.75) is 38.8 Å². The minimum atomic E-state index is -1.57. The van der Waals surface area contributed by atoms with Gasteiger partial charge in [0.1, 0.15) is 0 Å². The van der Waals surface area contributed by atoms with Gasteiger partial charge in [0, 0.05) is 0 Å². The molecule has 102 valence electrons. The van der Waals surface area contributed by atoms with Gasteiger partial charge in [0.05, 0.1) is 0 Å². The molecule has 0 saturated heterocycles. The fourth-order valence-electron chi connectivity index (χ4n) is 1.87. The van der Waals surface area contributed by atoms with Crippen LogP contribution in [-0.4, -0.2) is 10.6 Å². The maximum absolute atomic E-state index is 3.90. The van der Waals surface area contributed by atoms with Crippen LogP contribution in [0, 0.1) is 0 Å². The summed E-state index contributed by atoms with van der Waals surface area (Å²) in [5, 5.41) is -0.290. The summed E-state index contributed by atoms with van der Waals surface area (Å²) < 4.78 is 0. The second kappa shape index (κ2) is 7.54. The summed E-state index contributed by atoms with van der Waals surface area (Å²) in [5.41, 5.74) is 0. The number of halogens is 4. The lowest BCUT2D eigenvalue weighted by molar-refractivity contribution is 1.07. The first-order chi connectivity index (χ1) is 8.33. The zero-order valence-corrected chi connectivity index (χ0v) is 19.0. The lowest BCUT2D eigenvalue weighted by Crippen LogP contribution is -2.39. The van der Waals surface area contributed by atoms with E-state index < -0.39 is 10.6 Å². The molecule has 0 aliphatic carbocycles. The quantitative estimate of drug-likeness (QED) is 0.337. The molecule has 0 heterocycles. The first-order valence-corrected chi connectivity index (χ1v) is 19.6. The van der Waals surface area contributed by atoms with E-state index in [9.17, 15) is 0 Å². The fourth-order valence-corrected chi connectivity index (χ4v) is 12.9. The summed E-state index contributed by atoms with van der Waals surface area (Å²) >= 11 is 15.6. The lowest BCUT2D eigenvalue weighted by Gasteiger charge is -2.21. The van der Waals surface area contributed by atoms with Gasteiger partial charge in [0.15, 0.2) is 0 Å². The smallest absolute Gasteiger partial charge is 0.105 e. The van der Waals surface area contributed by atoms with E-state index in [1.165, 1.54) is 35.3 Å². The molecule has 0 N–H and O–H groups in total. The van der Waals surface area contributed by atoms with E-state index in [4.69, 9.17) is 0 Å². The van der Waals surface area contributed by atoms with E-state index in [0.717, 1.165) is 0 Å². The van der Waals surface area contributed by atoms with Crippen molar-refractivity contribution in [3.05, 3.63) is 24.3 Å². The van der Waals surface area contributed by atoms with Gasteiger partial charge in [-0.05, 0) is 22.5 Å². The second-order valence-corrected chi connectivity index (χ2v) is 32.1. The molecule has 0 aliphatic rings. The molecule has 0 nitrogen and oxygen atoms in total. The number of hydrogen-bond donors (Lipinski definition) is 0. The number of hydrogen-bond acceptors (Lipinski definition) is 0. The van der Waals surface area contributed by atoms with Crippen LogP contribution in [0.15, 0.2) is 24.3 Å². The summed E-state index contributed by atoms with van der Waals surface area (Å²) in [6.07, 6.45) is 2.41. The van der Waals surface area contributed by atoms with Crippen molar-refractivity contribution in [2.75, 3.05) is 0 Å². The molecule has 1 aromatic rings. The van der Waals surface area contributed by atoms with Crippen molar-refractivity contribution < 1.29 is 0 Å². The van der Waals surface area contributed by atoms with Crippen LogP contribution in [0.2, 0.25) is 12.1 Å². The molecule has 0 aromatic heterocycles. The highest BCUT2D eigenvalue weighted by molar-refractivity contribution is 9.52. The highest BCUT2D eigenvalue weighted by atomic mass is 79.9. The molecule has 0 radical (unpaired) electrons. The molecular weight excluding hydrogens is 520 g/mol. The molecular formula is C12H18Br4Si2. The molecule has 0 fully saturated rings. The Labute approximate surface area is 144 Å². The summed E-state index contributed by atoms with van der Waals surface area (Å²) in [4.78, 5) is 0. The topological polar surface area (TPSA) is 0 Å². The van der Waals surface area contributed by atoms with Crippen molar-refractivity contribution in [2.24, 2.45) is 0 Å². The molecule has 6 heteroatoms. The molecule has 0 amide bonds. The Hall–Kier alpha value is 1.57. The van der Waals surface area contributed by atoms with Gasteiger partial charge >= 0.3 is 0 Å². The van der Waals surface area contributed by atoms with Crippen molar-refractivity contribution >= 4 is 82.2 Å². The Morgan fingerprint density at radius 1 is 0.722 bits per heavy atom. The van der Waals surface area contributed by atoms with Gasteiger partial charge in [-0.1, -0.05) is 51.0 Å². The molecule has 0 atom stereocenters. The largest absolute Gasteiger partial charge is 0.230 e. The van der Waals surface area contributed by atoms with E-state index in [1.807, 2.05) is 0 Å². The zero-order chi connectivity index (χ0) is 13.8. The Bertz CT molecular complexity index is 339. The summed E-state index contributed by atoms with van der Waals surface area (Å²) in [6, 6.07) is 11.5. The zero-order valence-electron chi connectivity index (χ0n) is 10.6. The van der Waals surface area contributed by atoms with Crippen LogP contribution in [0.4, 0.5) is 0 Å². The van der Waals surface area contributed by atoms with Crippen LogP contribution in [0.1, 0.15) is 26.7 Å². The maximum atomic E-state index is 3.90. The van der Waals surface area contributed by atoms with Crippen molar-refractivity contribution in [3.63, 3.8) is 0 Å². The first-order valence-electron chi connectivity index (χ1n) is 6.20. The van der Waals surface area contributed by atoms with Crippen LogP contribution >= 0.6 is 61.2 Å². The average Bonchev–Trinajstić information content (AvgIpc) is 2.29. The summed E-state index contributed by atoms with van der Waals surface area (Å²) in [5.74, 6) is 0. The monoisotopic (exact) mass is 534 g/mol. The van der Waals surface area contributed by atoms with E-state index in [-0.39, 0.29) is 0 Å². The summed E-state index contributed by atoms with van der Waals surface area (Å²) in [6.45, 7) is 4.46. The van der Waals surface area contributed by atoms with Crippen molar-refractivity contribution in [3.8, 4) is 0 Å². The molecule has 0 aliphatic heterocycles. The van der Waals surface area contributed by atoms with Gasteiger partial charge < -0.3 is 0 Å². The third-order valence-electron chi connectivity index (χ3n) is 2.86. The average molecular weight is 538 g/mol. The normalized spacial score (nSPS) is 12.8. The Balaban J connectivity index is 2.92. The highest BCUT2D eigenvalue weighted by Crippen LogP contribution is 2.28. The first kappa shape index (κ1) is 17.6. The second-order valence-electron chi connectivity index (χ2n) is 4.49. The van der Waals surface area contributed by atoms with Gasteiger partial charge in [-0.3, -0.25) is 0 Å². The summed E-state index contributed by atoms with van der Waals surface area (Å²) in [7, 11) is 0. The predicted octanol–water partition coefficient (Wildman–Crippen LogP) is 5.38. The van der Waals surface area contributed by atoms with Crippen molar-refractivity contribution in [1.82, 2.24) is 0 Å². The van der Waals surface area contributed by atoms with E-state index in [1.54, 1.807) is 0 Å². The van der Waals surface area contributed by atoms with Gasteiger partial charge in [0.25, 0.3) is 0 Å². The molecule has 1 aromatic carbocycles. The van der Waals surface area contributed by atoms with E-state index in [2.05, 4.69) is 99.3 Å². The SMILES string of the molecule is CCC[Si](Br)(Br)c1ccc([Si](Br)(Br)CCC)cc1. The van der Waals surface area contributed by atoms with Crippen LogP contribution < -0.4 is 10.4 Å². The maximum Gasteiger partial charge on any atom is 0.230 e.